The van der Waals surface area contributed by atoms with E-state index in [0.717, 1.165) is 6.07 Å². The molecule has 4 unspecified atom stereocenters. The molecule has 1 aliphatic carbocycles. The molecule has 1 saturated carbocycles. The number of hydrogen-bond acceptors (Lipinski definition) is 7. The lowest BCUT2D eigenvalue weighted by Gasteiger charge is -2.29. The van der Waals surface area contributed by atoms with Gasteiger partial charge in [0.2, 0.25) is 11.7 Å². The van der Waals surface area contributed by atoms with E-state index in [4.69, 9.17) is 21.1 Å². The summed E-state index contributed by atoms with van der Waals surface area (Å²) in [4.78, 5) is 45.7. The Morgan fingerprint density at radius 1 is 1.27 bits per heavy atom. The monoisotopic (exact) mass is 534 g/mol. The van der Waals surface area contributed by atoms with Crippen molar-refractivity contribution in [2.24, 2.45) is 11.8 Å². The first-order valence-electron chi connectivity index (χ1n) is 12.3. The first-order valence-corrected chi connectivity index (χ1v) is 12.7. The number of nitrogens with one attached hydrogen (secondary N) is 1. The predicted octanol–water partition coefficient (Wildman–Crippen LogP) is 2.57. The molecule has 3 heterocycles. The quantitative estimate of drug-likeness (QED) is 0.576. The van der Waals surface area contributed by atoms with Gasteiger partial charge in [0, 0.05) is 31.1 Å². The van der Waals surface area contributed by atoms with E-state index in [1.807, 2.05) is 6.92 Å². The maximum absolute atomic E-state index is 14.1. The number of carbonyl (C=O) groups excluding carboxylic acids is 2. The standard InChI is InChI=1S/C25H28ClFN4O6/c1-3-14-10-36-11-18-22-29-20(21(32)25(35)31(14)22)23(33)28-9-13-7-16(26)17(27)8-19(13)37-5-4-12-6-15(12)24(34)30(18)2/h7-8,12,14-15,18,32H,3-6,9-11H2,1-2H3,(H,28,33). The summed E-state index contributed by atoms with van der Waals surface area (Å²) in [6.07, 6.45) is 1.79. The number of carbonyl (C=O) groups is 2. The molecule has 5 rings (SSSR count). The Hall–Kier alpha value is -3.18. The molecule has 3 aliphatic rings. The van der Waals surface area contributed by atoms with E-state index in [0.29, 0.717) is 24.8 Å². The summed E-state index contributed by atoms with van der Waals surface area (Å²) in [5.41, 5.74) is -0.832. The van der Waals surface area contributed by atoms with Crippen LogP contribution < -0.4 is 15.6 Å². The fraction of sp³-hybridized carbons (Fsp3) is 0.520. The highest BCUT2D eigenvalue weighted by Gasteiger charge is 2.46. The van der Waals surface area contributed by atoms with Gasteiger partial charge in [-0.3, -0.25) is 19.0 Å². The molecule has 2 aromatic rings. The van der Waals surface area contributed by atoms with Crippen LogP contribution in [0.2, 0.25) is 5.02 Å². The second kappa shape index (κ2) is 9.94. The molecule has 2 bridgehead atoms. The molecule has 2 N–H and O–H groups in total. The number of hydrogen-bond donors (Lipinski definition) is 2. The Morgan fingerprint density at radius 3 is 2.81 bits per heavy atom. The number of fused-ring (bicyclic) bond motifs is 3. The van der Waals surface area contributed by atoms with Crippen molar-refractivity contribution in [1.29, 1.82) is 0 Å². The maximum atomic E-state index is 14.1. The Bertz CT molecular complexity index is 1320. The van der Waals surface area contributed by atoms with Gasteiger partial charge in [0.15, 0.2) is 5.69 Å². The van der Waals surface area contributed by atoms with Crippen LogP contribution in [0.4, 0.5) is 4.39 Å². The summed E-state index contributed by atoms with van der Waals surface area (Å²) in [5, 5.41) is 13.2. The van der Waals surface area contributed by atoms with E-state index in [1.165, 1.54) is 15.5 Å². The van der Waals surface area contributed by atoms with Gasteiger partial charge in [-0.25, -0.2) is 9.37 Å². The van der Waals surface area contributed by atoms with Gasteiger partial charge in [0.25, 0.3) is 11.5 Å². The summed E-state index contributed by atoms with van der Waals surface area (Å²) >= 11 is 5.96. The second-order valence-corrected chi connectivity index (χ2v) is 10.1. The molecule has 2 amide bonds. The molecule has 37 heavy (non-hydrogen) atoms. The number of halogens is 2. The van der Waals surface area contributed by atoms with Crippen LogP contribution in [0.25, 0.3) is 0 Å². The van der Waals surface area contributed by atoms with Gasteiger partial charge >= 0.3 is 0 Å². The minimum atomic E-state index is -0.815. The lowest BCUT2D eigenvalue weighted by atomic mass is 10.1. The molecular formula is C25H28ClFN4O6. The molecule has 1 aromatic heterocycles. The third kappa shape index (κ3) is 4.66. The van der Waals surface area contributed by atoms with Crippen LogP contribution in [0.15, 0.2) is 16.9 Å². The number of benzene rings is 1. The number of likely N-dealkylation sites (N-methyl/N-ethyl adjacent to an activating group) is 1. The molecule has 1 fully saturated rings. The zero-order chi connectivity index (χ0) is 26.4. The van der Waals surface area contributed by atoms with Gasteiger partial charge in [-0.2, -0.15) is 0 Å². The summed E-state index contributed by atoms with van der Waals surface area (Å²) in [6, 6.07) is 1.35. The number of amides is 2. The van der Waals surface area contributed by atoms with Crippen molar-refractivity contribution in [3.63, 3.8) is 0 Å². The zero-order valence-electron chi connectivity index (χ0n) is 20.5. The van der Waals surface area contributed by atoms with E-state index >= 15 is 0 Å². The summed E-state index contributed by atoms with van der Waals surface area (Å²) in [7, 11) is 1.63. The lowest BCUT2D eigenvalue weighted by molar-refractivity contribution is -0.135. The fourth-order valence-electron chi connectivity index (χ4n) is 5.04. The molecule has 0 saturated heterocycles. The van der Waals surface area contributed by atoms with Crippen LogP contribution in [-0.2, 0) is 16.1 Å². The Morgan fingerprint density at radius 2 is 2.05 bits per heavy atom. The molecular weight excluding hydrogens is 507 g/mol. The third-order valence-electron chi connectivity index (χ3n) is 7.40. The lowest BCUT2D eigenvalue weighted by Crippen LogP contribution is -2.40. The van der Waals surface area contributed by atoms with Crippen LogP contribution in [0.5, 0.6) is 11.5 Å². The highest BCUT2D eigenvalue weighted by molar-refractivity contribution is 6.30. The average molecular weight is 535 g/mol. The second-order valence-electron chi connectivity index (χ2n) is 9.70. The molecule has 0 spiro atoms. The van der Waals surface area contributed by atoms with E-state index < -0.39 is 40.8 Å². The van der Waals surface area contributed by atoms with E-state index in [1.54, 1.807) is 7.05 Å². The Labute approximate surface area is 217 Å². The average Bonchev–Trinajstić information content (AvgIpc) is 3.67. The van der Waals surface area contributed by atoms with Crippen LogP contribution in [0.1, 0.15) is 60.1 Å². The van der Waals surface area contributed by atoms with Gasteiger partial charge in [0.05, 0.1) is 30.9 Å². The van der Waals surface area contributed by atoms with Crippen molar-refractivity contribution in [1.82, 2.24) is 19.8 Å². The SMILES string of the molecule is CCC1COCC2c3nc(c(O)c(=O)n31)C(=O)NCc1cc(Cl)c(F)cc1OCCC1CC1C(=O)N2C. The molecule has 12 heteroatoms. The highest BCUT2D eigenvalue weighted by Crippen LogP contribution is 2.44. The number of aromatic nitrogens is 2. The fourth-order valence-corrected chi connectivity index (χ4v) is 5.23. The first-order chi connectivity index (χ1) is 17.7. The van der Waals surface area contributed by atoms with Gasteiger partial charge in [0.1, 0.15) is 23.4 Å². The highest BCUT2D eigenvalue weighted by atomic mass is 35.5. The summed E-state index contributed by atoms with van der Waals surface area (Å²) in [6.45, 7) is 2.31. The van der Waals surface area contributed by atoms with Crippen molar-refractivity contribution in [3.8, 4) is 11.5 Å². The molecule has 0 radical (unpaired) electrons. The molecule has 2 aliphatic heterocycles. The third-order valence-corrected chi connectivity index (χ3v) is 7.69. The largest absolute Gasteiger partial charge is 0.501 e. The normalized spacial score (nSPS) is 25.9. The van der Waals surface area contributed by atoms with Crippen LogP contribution >= 0.6 is 11.6 Å². The predicted molar refractivity (Wildman–Crippen MR) is 130 cm³/mol. The minimum Gasteiger partial charge on any atom is -0.501 e. The van der Waals surface area contributed by atoms with E-state index in [9.17, 15) is 23.9 Å². The van der Waals surface area contributed by atoms with E-state index in [-0.39, 0.29) is 60.7 Å². The van der Waals surface area contributed by atoms with Gasteiger partial charge in [-0.05, 0) is 31.2 Å². The van der Waals surface area contributed by atoms with E-state index in [2.05, 4.69) is 10.3 Å². The number of aromatic hydroxyl groups is 1. The van der Waals surface area contributed by atoms with Crippen LogP contribution in [0.3, 0.4) is 0 Å². The number of rotatable bonds is 1. The van der Waals surface area contributed by atoms with Crippen molar-refractivity contribution in [2.75, 3.05) is 26.9 Å². The summed E-state index contributed by atoms with van der Waals surface area (Å²) < 4.78 is 27.1. The molecule has 1 aromatic carbocycles. The van der Waals surface area contributed by atoms with Gasteiger partial charge < -0.3 is 24.8 Å². The number of ether oxygens (including phenoxy) is 2. The Balaban J connectivity index is 1.61. The van der Waals surface area contributed by atoms with Crippen molar-refractivity contribution < 1.29 is 28.6 Å². The van der Waals surface area contributed by atoms with Gasteiger partial charge in [-0.1, -0.05) is 18.5 Å². The van der Waals surface area contributed by atoms with Gasteiger partial charge in [-0.15, -0.1) is 0 Å². The molecule has 10 nitrogen and oxygen atoms in total. The minimum absolute atomic E-state index is 0.0922. The van der Waals surface area contributed by atoms with Crippen molar-refractivity contribution in [3.05, 3.63) is 50.4 Å². The Kier molecular flexibility index (Phi) is 6.84. The van der Waals surface area contributed by atoms with Crippen molar-refractivity contribution in [2.45, 2.75) is 44.8 Å². The number of nitrogens with zero attached hydrogens (tertiary/aromatic N) is 3. The smallest absolute Gasteiger partial charge is 0.296 e. The molecule has 4 atom stereocenters. The topological polar surface area (TPSA) is 123 Å². The van der Waals surface area contributed by atoms with Crippen LogP contribution in [-0.4, -0.2) is 58.2 Å². The first kappa shape index (κ1) is 25.5. The van der Waals surface area contributed by atoms with Crippen molar-refractivity contribution >= 4 is 23.4 Å². The zero-order valence-corrected chi connectivity index (χ0v) is 21.3. The van der Waals surface area contributed by atoms with Crippen LogP contribution in [0, 0.1) is 17.7 Å². The summed E-state index contributed by atoms with van der Waals surface area (Å²) in [5.74, 6) is -2.14. The maximum Gasteiger partial charge on any atom is 0.296 e. The molecule has 198 valence electrons.